The molecule has 0 amide bonds. The van der Waals surface area contributed by atoms with E-state index >= 15 is 0 Å². The van der Waals surface area contributed by atoms with Gasteiger partial charge in [-0.05, 0) is 38.1 Å². The third kappa shape index (κ3) is 3.67. The van der Waals surface area contributed by atoms with E-state index in [1.165, 1.54) is 4.68 Å². The molecule has 0 N–H and O–H groups in total. The van der Waals surface area contributed by atoms with Gasteiger partial charge in [0, 0.05) is 23.9 Å². The van der Waals surface area contributed by atoms with Gasteiger partial charge in [0.25, 0.3) is 5.56 Å². The Morgan fingerprint density at radius 2 is 1.53 bits per heavy atom. The molecule has 3 aromatic heterocycles. The van der Waals surface area contributed by atoms with Gasteiger partial charge in [-0.1, -0.05) is 48.5 Å². The van der Waals surface area contributed by atoms with Crippen molar-refractivity contribution in [3.63, 3.8) is 0 Å². The van der Waals surface area contributed by atoms with Crippen LogP contribution < -0.4 is 10.3 Å². The van der Waals surface area contributed by atoms with Gasteiger partial charge in [-0.15, -0.1) is 0 Å². The van der Waals surface area contributed by atoms with Crippen LogP contribution in [0.3, 0.4) is 0 Å². The molecule has 32 heavy (non-hydrogen) atoms. The predicted octanol–water partition coefficient (Wildman–Crippen LogP) is 5.60. The minimum absolute atomic E-state index is 0.0542. The van der Waals surface area contributed by atoms with Crippen LogP contribution in [0.15, 0.2) is 95.9 Å². The number of nitrogens with zero attached hydrogens (tertiary/aromatic N) is 4. The quantitative estimate of drug-likeness (QED) is 0.370. The van der Waals surface area contributed by atoms with Crippen LogP contribution in [0, 0.1) is 0 Å². The Morgan fingerprint density at radius 1 is 0.812 bits per heavy atom. The SMILES string of the molecule is CC(C)n1nc(-c2c(-c3ccccc3)nn3ccc(Oc4ccccc4)cc23)ccc1=O. The summed E-state index contributed by atoms with van der Waals surface area (Å²) in [7, 11) is 0. The van der Waals surface area contributed by atoms with Gasteiger partial charge in [0.15, 0.2) is 0 Å². The van der Waals surface area contributed by atoms with E-state index in [0.29, 0.717) is 11.4 Å². The van der Waals surface area contributed by atoms with Crippen LogP contribution in [0.5, 0.6) is 11.5 Å². The van der Waals surface area contributed by atoms with Gasteiger partial charge in [0.05, 0.1) is 22.8 Å². The lowest BCUT2D eigenvalue weighted by atomic mass is 10.0. The second-order valence-corrected chi connectivity index (χ2v) is 7.79. The summed E-state index contributed by atoms with van der Waals surface area (Å²) >= 11 is 0. The molecule has 3 heterocycles. The van der Waals surface area contributed by atoms with E-state index in [-0.39, 0.29) is 11.6 Å². The molecule has 2 aromatic carbocycles. The summed E-state index contributed by atoms with van der Waals surface area (Å²) in [6, 6.07) is 26.7. The summed E-state index contributed by atoms with van der Waals surface area (Å²) in [6.07, 6.45) is 1.88. The number of rotatable bonds is 5. The van der Waals surface area contributed by atoms with Crippen molar-refractivity contribution < 1.29 is 4.74 Å². The molecule has 0 saturated heterocycles. The molecular weight excluding hydrogens is 400 g/mol. The third-order valence-electron chi connectivity index (χ3n) is 5.20. The molecule has 0 aliphatic carbocycles. The number of para-hydroxylation sites is 1. The topological polar surface area (TPSA) is 61.4 Å². The van der Waals surface area contributed by atoms with Gasteiger partial charge in [0.1, 0.15) is 17.2 Å². The molecule has 0 aliphatic rings. The first kappa shape index (κ1) is 19.8. The van der Waals surface area contributed by atoms with Crippen LogP contribution in [0.25, 0.3) is 28.0 Å². The monoisotopic (exact) mass is 422 g/mol. The van der Waals surface area contributed by atoms with E-state index in [1.54, 1.807) is 12.1 Å². The molecule has 0 radical (unpaired) electrons. The fourth-order valence-electron chi connectivity index (χ4n) is 3.69. The smallest absolute Gasteiger partial charge is 0.267 e. The number of aromatic nitrogens is 4. The minimum Gasteiger partial charge on any atom is -0.457 e. The molecule has 0 fully saturated rings. The normalized spacial score (nSPS) is 11.2. The van der Waals surface area contributed by atoms with Crippen LogP contribution in [0.4, 0.5) is 0 Å². The number of pyridine rings is 1. The highest BCUT2D eigenvalue weighted by molar-refractivity contribution is 5.91. The maximum absolute atomic E-state index is 12.3. The zero-order valence-corrected chi connectivity index (χ0v) is 17.8. The van der Waals surface area contributed by atoms with Gasteiger partial charge in [-0.25, -0.2) is 9.20 Å². The second-order valence-electron chi connectivity index (χ2n) is 7.79. The highest BCUT2D eigenvalue weighted by Gasteiger charge is 2.19. The van der Waals surface area contributed by atoms with E-state index in [0.717, 1.165) is 28.1 Å². The number of fused-ring (bicyclic) bond motifs is 1. The van der Waals surface area contributed by atoms with Gasteiger partial charge in [-0.3, -0.25) is 4.79 Å². The van der Waals surface area contributed by atoms with E-state index in [9.17, 15) is 4.79 Å². The third-order valence-corrected chi connectivity index (χ3v) is 5.20. The molecule has 6 heteroatoms. The van der Waals surface area contributed by atoms with E-state index in [4.69, 9.17) is 9.84 Å². The molecule has 0 unspecified atom stereocenters. The minimum atomic E-state index is -0.130. The van der Waals surface area contributed by atoms with Gasteiger partial charge in [-0.2, -0.15) is 10.2 Å². The lowest BCUT2D eigenvalue weighted by Crippen LogP contribution is -2.23. The van der Waals surface area contributed by atoms with Crippen molar-refractivity contribution in [3.05, 3.63) is 101 Å². The molecule has 0 bridgehead atoms. The number of hydrogen-bond acceptors (Lipinski definition) is 4. The lowest BCUT2D eigenvalue weighted by Gasteiger charge is -2.11. The molecule has 0 spiro atoms. The second kappa shape index (κ2) is 8.15. The molecule has 0 saturated carbocycles. The molecule has 6 nitrogen and oxygen atoms in total. The predicted molar refractivity (Wildman–Crippen MR) is 125 cm³/mol. The number of ether oxygens (including phenoxy) is 1. The fourth-order valence-corrected chi connectivity index (χ4v) is 3.69. The van der Waals surface area contributed by atoms with Crippen molar-refractivity contribution in [2.75, 3.05) is 0 Å². The molecular formula is C26H22N4O2. The standard InChI is InChI=1S/C26H22N4O2/c1-18(2)30-24(31)14-13-22(27-30)25-23-17-21(32-20-11-7-4-8-12-20)15-16-29(23)28-26(25)19-9-5-3-6-10-19/h3-18H,1-2H3. The molecule has 158 valence electrons. The van der Waals surface area contributed by atoms with Crippen LogP contribution in [-0.4, -0.2) is 19.4 Å². The summed E-state index contributed by atoms with van der Waals surface area (Å²) in [4.78, 5) is 12.3. The Hall–Kier alpha value is -4.19. The fraction of sp³-hybridized carbons (Fsp3) is 0.115. The Morgan fingerprint density at radius 3 is 2.25 bits per heavy atom. The lowest BCUT2D eigenvalue weighted by molar-refractivity contribution is 0.482. The summed E-state index contributed by atoms with van der Waals surface area (Å²) in [6.45, 7) is 3.89. The van der Waals surface area contributed by atoms with Crippen molar-refractivity contribution in [2.45, 2.75) is 19.9 Å². The van der Waals surface area contributed by atoms with Crippen LogP contribution in [0.1, 0.15) is 19.9 Å². The summed E-state index contributed by atoms with van der Waals surface area (Å²) < 4.78 is 9.38. The van der Waals surface area contributed by atoms with E-state index < -0.39 is 0 Å². The van der Waals surface area contributed by atoms with Crippen molar-refractivity contribution in [1.82, 2.24) is 19.4 Å². The number of benzene rings is 2. The first-order chi connectivity index (χ1) is 15.6. The Kier molecular flexibility index (Phi) is 5.03. The molecule has 0 aliphatic heterocycles. The average molecular weight is 422 g/mol. The first-order valence-electron chi connectivity index (χ1n) is 10.5. The van der Waals surface area contributed by atoms with Crippen LogP contribution >= 0.6 is 0 Å². The maximum atomic E-state index is 12.3. The summed E-state index contributed by atoms with van der Waals surface area (Å²) in [5.41, 5.74) is 4.02. The maximum Gasteiger partial charge on any atom is 0.267 e. The van der Waals surface area contributed by atoms with Gasteiger partial charge >= 0.3 is 0 Å². The Bertz CT molecular complexity index is 1440. The molecule has 5 aromatic rings. The van der Waals surface area contributed by atoms with Crippen molar-refractivity contribution >= 4 is 5.52 Å². The van der Waals surface area contributed by atoms with Crippen molar-refractivity contribution in [3.8, 4) is 34.0 Å². The van der Waals surface area contributed by atoms with Gasteiger partial charge < -0.3 is 4.74 Å². The first-order valence-corrected chi connectivity index (χ1v) is 10.5. The van der Waals surface area contributed by atoms with Crippen molar-refractivity contribution in [1.29, 1.82) is 0 Å². The van der Waals surface area contributed by atoms with Crippen LogP contribution in [0.2, 0.25) is 0 Å². The van der Waals surface area contributed by atoms with Gasteiger partial charge in [0.2, 0.25) is 0 Å². The largest absolute Gasteiger partial charge is 0.457 e. The molecule has 5 rings (SSSR count). The van der Waals surface area contributed by atoms with E-state index in [2.05, 4.69) is 5.10 Å². The van der Waals surface area contributed by atoms with Crippen molar-refractivity contribution in [2.24, 2.45) is 0 Å². The zero-order chi connectivity index (χ0) is 22.1. The summed E-state index contributed by atoms with van der Waals surface area (Å²) in [5, 5.41) is 9.51. The van der Waals surface area contributed by atoms with E-state index in [1.807, 2.05) is 97.4 Å². The average Bonchev–Trinajstić information content (AvgIpc) is 3.19. The molecule has 0 atom stereocenters. The highest BCUT2D eigenvalue weighted by Crippen LogP contribution is 2.35. The Labute approximate surface area is 185 Å². The summed E-state index contributed by atoms with van der Waals surface area (Å²) in [5.74, 6) is 1.45. The highest BCUT2D eigenvalue weighted by atomic mass is 16.5. The van der Waals surface area contributed by atoms with Crippen LogP contribution in [-0.2, 0) is 0 Å². The number of hydrogen-bond donors (Lipinski definition) is 0. The Balaban J connectivity index is 1.73. The zero-order valence-electron chi connectivity index (χ0n) is 17.8.